The first-order valence-electron chi connectivity index (χ1n) is 21.7. The van der Waals surface area contributed by atoms with Crippen LogP contribution in [0.15, 0.2) is 188 Å². The van der Waals surface area contributed by atoms with Crippen LogP contribution in [0.1, 0.15) is 22.3 Å². The van der Waals surface area contributed by atoms with Crippen molar-refractivity contribution >= 4 is 124 Å². The molecule has 66 heavy (non-hydrogen) atoms. The third kappa shape index (κ3) is 5.08. The van der Waals surface area contributed by atoms with Gasteiger partial charge in [-0.1, -0.05) is 84.9 Å². The summed E-state index contributed by atoms with van der Waals surface area (Å²) in [6, 6.07) is 64.7. The zero-order chi connectivity index (χ0) is 43.6. The van der Waals surface area contributed by atoms with Gasteiger partial charge in [0.1, 0.15) is 12.1 Å². The molecule has 14 rings (SSSR count). The van der Waals surface area contributed by atoms with Gasteiger partial charge in [0.05, 0.1) is 68.0 Å². The maximum atomic E-state index is 11.0. The van der Waals surface area contributed by atoms with Gasteiger partial charge in [0.15, 0.2) is 0 Å². The summed E-state index contributed by atoms with van der Waals surface area (Å²) in [4.78, 5) is 4.62. The first kappa shape index (κ1) is 36.8. The van der Waals surface area contributed by atoms with Crippen LogP contribution in [0.4, 0.5) is 5.69 Å². The topological polar surface area (TPSA) is 73.3 Å². The number of pyridine rings is 1. The second-order valence-corrected chi connectivity index (χ2v) is 18.9. The van der Waals surface area contributed by atoms with Gasteiger partial charge in [0, 0.05) is 74.2 Å². The fourth-order valence-corrected chi connectivity index (χ4v) is 12.8. The van der Waals surface area contributed by atoms with E-state index in [9.17, 15) is 10.5 Å². The Morgan fingerprint density at radius 2 is 0.955 bits per heavy atom. The minimum Gasteiger partial charge on any atom is -0.307 e. The van der Waals surface area contributed by atoms with Crippen molar-refractivity contribution in [2.75, 3.05) is 0 Å². The molecule has 1 aliphatic rings. The molecule has 0 aliphatic carbocycles. The molecule has 0 saturated carbocycles. The van der Waals surface area contributed by atoms with E-state index in [2.05, 4.69) is 176 Å². The number of aromatic nitrogens is 3. The number of nitrogens with zero attached hydrogens (tertiary/aromatic N) is 6. The number of hydrogen-bond acceptors (Lipinski definition) is 5. The van der Waals surface area contributed by atoms with Gasteiger partial charge < -0.3 is 9.13 Å². The van der Waals surface area contributed by atoms with Crippen molar-refractivity contribution in [2.24, 2.45) is 0 Å². The summed E-state index contributed by atoms with van der Waals surface area (Å²) in [6.45, 7) is 0. The van der Waals surface area contributed by atoms with E-state index in [0.717, 1.165) is 83.2 Å². The molecule has 0 radical (unpaired) electrons. The normalized spacial score (nSPS) is 12.8. The Morgan fingerprint density at radius 3 is 1.50 bits per heavy atom. The lowest BCUT2D eigenvalue weighted by Gasteiger charge is -2.23. The van der Waals surface area contributed by atoms with Gasteiger partial charge in [-0.05, 0) is 78.9 Å². The molecule has 1 aliphatic heterocycles. The average molecular weight is 876 g/mol. The first-order chi connectivity index (χ1) is 32.7. The Hall–Kier alpha value is -8.66. The second-order valence-electron chi connectivity index (χ2n) is 16.7. The number of para-hydroxylation sites is 4. The molecule has 0 N–H and O–H groups in total. The quantitative estimate of drug-likeness (QED) is 0.162. The van der Waals surface area contributed by atoms with Crippen molar-refractivity contribution in [2.45, 2.75) is 0 Å². The lowest BCUT2D eigenvalue weighted by atomic mass is 9.93. The fourth-order valence-electron chi connectivity index (χ4n) is 10.5. The number of nitriles is 2. The molecule has 0 amide bonds. The van der Waals surface area contributed by atoms with E-state index >= 15 is 0 Å². The van der Waals surface area contributed by atoms with Gasteiger partial charge in [0.2, 0.25) is 17.1 Å². The predicted molar refractivity (Wildman–Crippen MR) is 273 cm³/mol. The van der Waals surface area contributed by atoms with Crippen LogP contribution in [0.3, 0.4) is 0 Å². The highest BCUT2D eigenvalue weighted by molar-refractivity contribution is 7.26. The van der Waals surface area contributed by atoms with E-state index in [1.165, 1.54) is 40.3 Å². The number of allylic oxidation sites excluding steroid dienone is 1. The number of rotatable bonds is 5. The van der Waals surface area contributed by atoms with Crippen LogP contribution in [-0.4, -0.2) is 24.4 Å². The molecule has 5 aromatic heterocycles. The first-order valence-corrected chi connectivity index (χ1v) is 23.4. The largest absolute Gasteiger partial charge is 0.307 e. The van der Waals surface area contributed by atoms with E-state index in [4.69, 9.17) is 0 Å². The molecule has 0 fully saturated rings. The van der Waals surface area contributed by atoms with Crippen molar-refractivity contribution < 1.29 is 4.58 Å². The molecule has 6 nitrogen and oxygen atoms in total. The van der Waals surface area contributed by atoms with Crippen LogP contribution in [0, 0.1) is 22.7 Å². The number of benzene rings is 8. The Bertz CT molecular complexity index is 4430. The second kappa shape index (κ2) is 13.9. The van der Waals surface area contributed by atoms with Crippen molar-refractivity contribution in [1.82, 2.24) is 14.1 Å². The molecule has 13 aromatic rings. The van der Waals surface area contributed by atoms with Gasteiger partial charge in [0.25, 0.3) is 0 Å². The van der Waals surface area contributed by atoms with Gasteiger partial charge in [-0.15, -0.1) is 22.7 Å². The Labute approximate surface area is 384 Å². The highest BCUT2D eigenvalue weighted by Crippen LogP contribution is 2.46. The summed E-state index contributed by atoms with van der Waals surface area (Å²) in [5.74, 6) is 0. The summed E-state index contributed by atoms with van der Waals surface area (Å²) < 4.78 is 11.8. The number of thiophene rings is 2. The molecule has 0 spiro atoms. The molecule has 8 heteroatoms. The third-order valence-electron chi connectivity index (χ3n) is 13.3. The fraction of sp³-hybridized carbons (Fsp3) is 0. The Kier molecular flexibility index (Phi) is 7.76. The number of fused-ring (bicyclic) bond motifs is 12. The van der Waals surface area contributed by atoms with Crippen molar-refractivity contribution in [3.8, 4) is 23.5 Å². The zero-order valence-corrected chi connectivity index (χ0v) is 36.5. The monoisotopic (exact) mass is 875 g/mol. The SMILES string of the molecule is N#Cc1cccc(C2=CC(c3cccc(C#N)c3-n3c4ccccc4c4cc5sc6ccccc6c5cc43)=[N+]2c2cccnc2)c1-n1c2ccccc2c2cc3sc4ccccc4c3cc21. The van der Waals surface area contributed by atoms with E-state index in [0.29, 0.717) is 11.1 Å². The summed E-state index contributed by atoms with van der Waals surface area (Å²) >= 11 is 3.62. The van der Waals surface area contributed by atoms with Gasteiger partial charge in [-0.3, -0.25) is 4.98 Å². The van der Waals surface area contributed by atoms with Crippen LogP contribution < -0.4 is 0 Å². The Balaban J connectivity index is 1.04. The highest BCUT2D eigenvalue weighted by atomic mass is 32.1. The molecule has 0 atom stereocenters. The van der Waals surface area contributed by atoms with Crippen molar-refractivity contribution in [3.63, 3.8) is 0 Å². The summed E-state index contributed by atoms with van der Waals surface area (Å²) in [5.41, 5.74) is 11.4. The molecule has 6 heterocycles. The lowest BCUT2D eigenvalue weighted by Crippen LogP contribution is -2.27. The van der Waals surface area contributed by atoms with E-state index in [1.54, 1.807) is 6.20 Å². The summed E-state index contributed by atoms with van der Waals surface area (Å²) in [5, 5.41) is 31.3. The summed E-state index contributed by atoms with van der Waals surface area (Å²) in [7, 11) is 0. The molecular formula is C58H31N6S2+. The maximum absolute atomic E-state index is 11.0. The van der Waals surface area contributed by atoms with E-state index in [1.807, 2.05) is 59.2 Å². The Morgan fingerprint density at radius 1 is 0.439 bits per heavy atom. The average Bonchev–Trinajstić information content (AvgIpc) is 4.09. The molecule has 0 bridgehead atoms. The van der Waals surface area contributed by atoms with Gasteiger partial charge >= 0.3 is 0 Å². The standard InChI is InChI=1S/C58H31N6S2/c59-31-34-12-9-19-41(57(34)63-47-21-5-1-15-37(47)43-28-55-45(26-49(43)63)39-17-3-7-23-53(39)65-55)51-30-52(62(51)36-14-11-25-61-33-36)42-20-10-13-35(32-60)58(42)64-48-22-6-2-16-38(48)44-29-56-46(27-50(44)64)40-18-4-8-24-54(40)66-56/h1-30,33H/q+1. The molecule has 0 unspecified atom stereocenters. The van der Waals surface area contributed by atoms with Crippen molar-refractivity contribution in [3.05, 3.63) is 211 Å². The van der Waals surface area contributed by atoms with Crippen LogP contribution >= 0.6 is 22.7 Å². The molecule has 304 valence electrons. The number of hydrogen-bond donors (Lipinski definition) is 0. The minimum absolute atomic E-state index is 0.565. The van der Waals surface area contributed by atoms with Crippen LogP contribution in [0.25, 0.3) is 101 Å². The maximum Gasteiger partial charge on any atom is 0.230 e. The van der Waals surface area contributed by atoms with Crippen molar-refractivity contribution in [1.29, 1.82) is 10.5 Å². The van der Waals surface area contributed by atoms with E-state index in [-0.39, 0.29) is 0 Å². The lowest BCUT2D eigenvalue weighted by molar-refractivity contribution is -0.342. The molecule has 8 aromatic carbocycles. The van der Waals surface area contributed by atoms with Crippen LogP contribution in [0.2, 0.25) is 0 Å². The predicted octanol–water partition coefficient (Wildman–Crippen LogP) is 14.9. The molecular weight excluding hydrogens is 845 g/mol. The zero-order valence-electron chi connectivity index (χ0n) is 34.9. The van der Waals surface area contributed by atoms with Crippen LogP contribution in [0.5, 0.6) is 0 Å². The molecule has 0 saturated heterocycles. The minimum atomic E-state index is 0.565. The summed E-state index contributed by atoms with van der Waals surface area (Å²) in [6.07, 6.45) is 5.88. The highest BCUT2D eigenvalue weighted by Gasteiger charge is 2.39. The third-order valence-corrected chi connectivity index (χ3v) is 15.6. The van der Waals surface area contributed by atoms with E-state index < -0.39 is 0 Å². The van der Waals surface area contributed by atoms with Gasteiger partial charge in [-0.25, -0.2) is 0 Å². The van der Waals surface area contributed by atoms with Crippen LogP contribution in [-0.2, 0) is 0 Å². The van der Waals surface area contributed by atoms with Gasteiger partial charge in [-0.2, -0.15) is 15.1 Å². The smallest absolute Gasteiger partial charge is 0.230 e.